The number of nitrogens with zero attached hydrogens (tertiary/aromatic N) is 1. The number of hydrogen-bond donors (Lipinski definition) is 0. The summed E-state index contributed by atoms with van der Waals surface area (Å²) < 4.78 is 12.5. The quantitative estimate of drug-likeness (QED) is 0.381. The molecule has 134 valence electrons. The summed E-state index contributed by atoms with van der Waals surface area (Å²) in [4.78, 5) is 25.3. The molecule has 2 aromatic heterocycles. The van der Waals surface area contributed by atoms with E-state index in [1.165, 1.54) is 17.4 Å². The van der Waals surface area contributed by atoms with Gasteiger partial charge in [-0.2, -0.15) is 0 Å². The third-order valence-electron chi connectivity index (χ3n) is 4.09. The molecular weight excluding hydrogens is 350 g/mol. The van der Waals surface area contributed by atoms with Crippen LogP contribution in [0.1, 0.15) is 27.9 Å². The molecule has 0 aliphatic heterocycles. The first-order chi connectivity index (χ1) is 12.5. The van der Waals surface area contributed by atoms with Crippen LogP contribution in [0.2, 0.25) is 0 Å². The van der Waals surface area contributed by atoms with E-state index in [9.17, 15) is 9.59 Å². The second kappa shape index (κ2) is 7.58. The molecule has 0 saturated heterocycles. The molecule has 3 rings (SSSR count). The Morgan fingerprint density at radius 2 is 2.08 bits per heavy atom. The predicted molar refractivity (Wildman–Crippen MR) is 103 cm³/mol. The fourth-order valence-electron chi connectivity index (χ4n) is 2.76. The zero-order valence-corrected chi connectivity index (χ0v) is 15.6. The van der Waals surface area contributed by atoms with Crippen LogP contribution >= 0.6 is 11.3 Å². The Kier molecular flexibility index (Phi) is 5.23. The van der Waals surface area contributed by atoms with E-state index in [1.807, 2.05) is 42.1 Å². The minimum absolute atomic E-state index is 0.302. The van der Waals surface area contributed by atoms with Gasteiger partial charge in [-0.3, -0.25) is 0 Å². The van der Waals surface area contributed by atoms with Gasteiger partial charge in [0.1, 0.15) is 5.75 Å². The number of carbonyl (C=O) groups excluding carboxylic acids is 2. The summed E-state index contributed by atoms with van der Waals surface area (Å²) in [6, 6.07) is 9.08. The maximum Gasteiger partial charge on any atom is 0.340 e. The zero-order chi connectivity index (χ0) is 18.7. The SMILES string of the molecule is CCOC(=O)c1c(C)n(C)c2ccc(OC(=O)/C=C/c3cccs3)cc12. The van der Waals surface area contributed by atoms with Crippen LogP contribution in [-0.4, -0.2) is 23.1 Å². The van der Waals surface area contributed by atoms with Gasteiger partial charge in [-0.05, 0) is 49.6 Å². The first-order valence-corrected chi connectivity index (χ1v) is 9.08. The molecule has 5 nitrogen and oxygen atoms in total. The highest BCUT2D eigenvalue weighted by atomic mass is 32.1. The van der Waals surface area contributed by atoms with E-state index < -0.39 is 5.97 Å². The van der Waals surface area contributed by atoms with E-state index in [4.69, 9.17) is 9.47 Å². The van der Waals surface area contributed by atoms with Crippen molar-refractivity contribution in [3.8, 4) is 5.75 Å². The first-order valence-electron chi connectivity index (χ1n) is 8.20. The van der Waals surface area contributed by atoms with Crippen LogP contribution < -0.4 is 4.74 Å². The van der Waals surface area contributed by atoms with Crippen LogP contribution in [0.5, 0.6) is 5.75 Å². The van der Waals surface area contributed by atoms with Gasteiger partial charge in [-0.15, -0.1) is 11.3 Å². The Morgan fingerprint density at radius 1 is 1.27 bits per heavy atom. The number of esters is 2. The maximum atomic E-state index is 12.3. The second-order valence-electron chi connectivity index (χ2n) is 5.69. The Bertz CT molecular complexity index is 983. The number of rotatable bonds is 5. The van der Waals surface area contributed by atoms with Gasteiger partial charge in [0.25, 0.3) is 0 Å². The smallest absolute Gasteiger partial charge is 0.340 e. The summed E-state index contributed by atoms with van der Waals surface area (Å²) in [5, 5.41) is 2.64. The van der Waals surface area contributed by atoms with Crippen LogP contribution in [0.25, 0.3) is 17.0 Å². The van der Waals surface area contributed by atoms with Crippen molar-refractivity contribution >= 4 is 40.3 Å². The lowest BCUT2D eigenvalue weighted by Crippen LogP contribution is -2.06. The van der Waals surface area contributed by atoms with Gasteiger partial charge in [0, 0.05) is 34.6 Å². The molecule has 0 aliphatic rings. The lowest BCUT2D eigenvalue weighted by Gasteiger charge is -2.04. The Hall–Kier alpha value is -2.86. The van der Waals surface area contributed by atoms with Gasteiger partial charge >= 0.3 is 11.9 Å². The first kappa shape index (κ1) is 17.9. The fraction of sp³-hybridized carbons (Fsp3) is 0.200. The molecule has 0 radical (unpaired) electrons. The number of aryl methyl sites for hydroxylation is 1. The van der Waals surface area contributed by atoms with E-state index in [2.05, 4.69) is 0 Å². The molecule has 0 N–H and O–H groups in total. The van der Waals surface area contributed by atoms with Crippen molar-refractivity contribution in [2.75, 3.05) is 6.61 Å². The zero-order valence-electron chi connectivity index (χ0n) is 14.8. The van der Waals surface area contributed by atoms with Crippen molar-refractivity contribution in [3.63, 3.8) is 0 Å². The minimum atomic E-state index is -0.469. The monoisotopic (exact) mass is 369 g/mol. The average Bonchev–Trinajstić information content (AvgIpc) is 3.21. The normalized spacial score (nSPS) is 11.2. The Labute approximate surface area is 155 Å². The molecule has 0 amide bonds. The number of thiophene rings is 1. The van der Waals surface area contributed by atoms with Crippen molar-refractivity contribution in [1.82, 2.24) is 4.57 Å². The largest absolute Gasteiger partial charge is 0.462 e. The summed E-state index contributed by atoms with van der Waals surface area (Å²) in [7, 11) is 1.88. The van der Waals surface area contributed by atoms with Crippen LogP contribution in [0.3, 0.4) is 0 Å². The van der Waals surface area contributed by atoms with Crippen molar-refractivity contribution in [2.24, 2.45) is 7.05 Å². The van der Waals surface area contributed by atoms with Crippen LogP contribution in [0, 0.1) is 6.92 Å². The molecule has 0 saturated carbocycles. The van der Waals surface area contributed by atoms with Crippen molar-refractivity contribution < 1.29 is 19.1 Å². The van der Waals surface area contributed by atoms with Crippen LogP contribution in [0.15, 0.2) is 41.8 Å². The van der Waals surface area contributed by atoms with Crippen LogP contribution in [-0.2, 0) is 16.6 Å². The lowest BCUT2D eigenvalue weighted by atomic mass is 10.1. The van der Waals surface area contributed by atoms with Crippen molar-refractivity contribution in [3.05, 3.63) is 57.9 Å². The van der Waals surface area contributed by atoms with Gasteiger partial charge in [-0.25, -0.2) is 9.59 Å². The topological polar surface area (TPSA) is 57.5 Å². The third kappa shape index (κ3) is 3.55. The molecule has 0 fully saturated rings. The highest BCUT2D eigenvalue weighted by Crippen LogP contribution is 2.29. The summed E-state index contributed by atoms with van der Waals surface area (Å²) >= 11 is 1.54. The Balaban J connectivity index is 1.89. The molecule has 0 aliphatic carbocycles. The molecule has 0 bridgehead atoms. The standard InChI is InChI=1S/C20H19NO4S/c1-4-24-20(23)19-13(2)21(3)17-9-7-14(12-16(17)19)25-18(22)10-8-15-6-5-11-26-15/h5-12H,4H2,1-3H3/b10-8+. The molecule has 0 unspecified atom stereocenters. The minimum Gasteiger partial charge on any atom is -0.462 e. The number of benzene rings is 1. The maximum absolute atomic E-state index is 12.3. The molecular formula is C20H19NO4S. The molecule has 0 spiro atoms. The van der Waals surface area contributed by atoms with E-state index in [-0.39, 0.29) is 5.97 Å². The lowest BCUT2D eigenvalue weighted by molar-refractivity contribution is -0.128. The Morgan fingerprint density at radius 3 is 2.77 bits per heavy atom. The van der Waals surface area contributed by atoms with E-state index in [0.29, 0.717) is 23.3 Å². The fourth-order valence-corrected chi connectivity index (χ4v) is 3.38. The number of ether oxygens (including phenoxy) is 2. The predicted octanol–water partition coefficient (Wildman–Crippen LogP) is 4.34. The van der Waals surface area contributed by atoms with Crippen LogP contribution in [0.4, 0.5) is 0 Å². The summed E-state index contributed by atoms with van der Waals surface area (Å²) in [5.74, 6) is -0.464. The van der Waals surface area contributed by atoms with Gasteiger partial charge in [0.05, 0.1) is 12.2 Å². The number of hydrogen-bond acceptors (Lipinski definition) is 5. The number of fused-ring (bicyclic) bond motifs is 1. The van der Waals surface area contributed by atoms with Gasteiger partial charge in [0.2, 0.25) is 0 Å². The molecule has 1 aromatic carbocycles. The summed E-state index contributed by atoms with van der Waals surface area (Å²) in [6.45, 7) is 3.93. The highest BCUT2D eigenvalue weighted by molar-refractivity contribution is 7.10. The van der Waals surface area contributed by atoms with Gasteiger partial charge in [-0.1, -0.05) is 6.07 Å². The average molecular weight is 369 g/mol. The number of carbonyl (C=O) groups is 2. The highest BCUT2D eigenvalue weighted by Gasteiger charge is 2.20. The van der Waals surface area contributed by atoms with E-state index >= 15 is 0 Å². The van der Waals surface area contributed by atoms with Gasteiger partial charge in [0.15, 0.2) is 0 Å². The van der Waals surface area contributed by atoms with E-state index in [1.54, 1.807) is 25.1 Å². The second-order valence-corrected chi connectivity index (χ2v) is 6.67. The summed E-state index contributed by atoms with van der Waals surface area (Å²) in [6.07, 6.45) is 3.10. The van der Waals surface area contributed by atoms with Gasteiger partial charge < -0.3 is 14.0 Å². The molecule has 26 heavy (non-hydrogen) atoms. The van der Waals surface area contributed by atoms with Crippen molar-refractivity contribution in [2.45, 2.75) is 13.8 Å². The number of aromatic nitrogens is 1. The molecule has 0 atom stereocenters. The summed E-state index contributed by atoms with van der Waals surface area (Å²) in [5.41, 5.74) is 2.18. The third-order valence-corrected chi connectivity index (χ3v) is 4.93. The molecule has 6 heteroatoms. The van der Waals surface area contributed by atoms with E-state index in [0.717, 1.165) is 16.1 Å². The molecule has 3 aromatic rings. The van der Waals surface area contributed by atoms with Crippen molar-refractivity contribution in [1.29, 1.82) is 0 Å². The molecule has 2 heterocycles.